The van der Waals surface area contributed by atoms with Crippen LogP contribution in [0.4, 0.5) is 4.79 Å². The van der Waals surface area contributed by atoms with E-state index in [9.17, 15) is 14.7 Å². The number of amides is 2. The van der Waals surface area contributed by atoms with Crippen molar-refractivity contribution in [1.82, 2.24) is 24.4 Å². The average molecular weight is 476 g/mol. The Kier molecular flexibility index (Phi) is 5.52. The molecule has 9 nitrogen and oxygen atoms in total. The Labute approximate surface area is 202 Å². The first-order valence-corrected chi connectivity index (χ1v) is 11.8. The minimum absolute atomic E-state index is 0.125. The lowest BCUT2D eigenvalue weighted by molar-refractivity contribution is 0.0572. The summed E-state index contributed by atoms with van der Waals surface area (Å²) < 4.78 is 9.56. The summed E-state index contributed by atoms with van der Waals surface area (Å²) in [5.41, 5.74) is 2.79. The van der Waals surface area contributed by atoms with Crippen LogP contribution in [0.25, 0.3) is 16.4 Å². The normalized spacial score (nSPS) is 17.9. The van der Waals surface area contributed by atoms with Gasteiger partial charge >= 0.3 is 6.03 Å². The number of hydrogen-bond acceptors (Lipinski definition) is 5. The number of aliphatic hydroxyl groups is 1. The van der Waals surface area contributed by atoms with Crippen LogP contribution in [0.2, 0.25) is 0 Å². The largest absolute Gasteiger partial charge is 0.455 e. The maximum absolute atomic E-state index is 13.2. The molecule has 0 bridgehead atoms. The predicted octanol–water partition coefficient (Wildman–Crippen LogP) is 3.87. The third-order valence-electron chi connectivity index (χ3n) is 6.58. The number of aryl methyl sites for hydroxylation is 2. The van der Waals surface area contributed by atoms with Crippen LogP contribution < -0.4 is 10.1 Å². The average Bonchev–Trinajstić information content (AvgIpc) is 3.45. The van der Waals surface area contributed by atoms with Crippen molar-refractivity contribution < 1.29 is 19.4 Å². The van der Waals surface area contributed by atoms with Gasteiger partial charge in [-0.15, -0.1) is 0 Å². The van der Waals surface area contributed by atoms with Gasteiger partial charge in [0.1, 0.15) is 11.3 Å². The molecule has 182 valence electrons. The number of carbonyl (C=O) groups is 2. The van der Waals surface area contributed by atoms with Gasteiger partial charge < -0.3 is 20.1 Å². The maximum atomic E-state index is 13.2. The lowest BCUT2D eigenvalue weighted by atomic mass is 10.1. The second kappa shape index (κ2) is 8.42. The Morgan fingerprint density at radius 1 is 1.23 bits per heavy atom. The van der Waals surface area contributed by atoms with Crippen molar-refractivity contribution in [2.45, 2.75) is 39.7 Å². The molecule has 1 aliphatic rings. The highest BCUT2D eigenvalue weighted by Crippen LogP contribution is 2.33. The van der Waals surface area contributed by atoms with Gasteiger partial charge in [-0.05, 0) is 63.9 Å². The number of β-amino-alcohol motifs (C(OH)–C–C–N with tert-alkyl or cyclic N) is 1. The molecule has 1 fully saturated rings. The fraction of sp³-hybridized carbons (Fsp3) is 0.346. The van der Waals surface area contributed by atoms with Gasteiger partial charge in [-0.3, -0.25) is 9.36 Å². The summed E-state index contributed by atoms with van der Waals surface area (Å²) in [6, 6.07) is 9.14. The molecule has 1 aliphatic heterocycles. The van der Waals surface area contributed by atoms with Gasteiger partial charge in [0, 0.05) is 43.0 Å². The van der Waals surface area contributed by atoms with Crippen LogP contribution in [0.1, 0.15) is 41.9 Å². The van der Waals surface area contributed by atoms with Crippen molar-refractivity contribution in [2.24, 2.45) is 0 Å². The van der Waals surface area contributed by atoms with Crippen LogP contribution in [-0.2, 0) is 0 Å². The molecule has 0 spiro atoms. The van der Waals surface area contributed by atoms with E-state index in [1.165, 1.54) is 0 Å². The summed E-state index contributed by atoms with van der Waals surface area (Å²) in [5, 5.41) is 18.4. The molecular weight excluding hydrogens is 446 g/mol. The number of aromatic nitrogens is 3. The molecule has 1 aromatic carbocycles. The molecule has 3 aromatic heterocycles. The van der Waals surface area contributed by atoms with Gasteiger partial charge in [0.2, 0.25) is 0 Å². The smallest absolute Gasteiger partial charge is 0.326 e. The monoisotopic (exact) mass is 475 g/mol. The standard InChI is InChI=1S/C26H29N5O4/c1-5-27-25(33)31-16(2)12-18-13-19(6-7-21(18)31)35-22-8-10-28-30-14-20(17(3)23(22)30)24(32)29-11-9-26(4,34)15-29/h6-8,10,12-14,34H,5,9,11,15H2,1-4H3,(H,27,33)/t26-/m1/s1. The molecule has 0 aliphatic carbocycles. The lowest BCUT2D eigenvalue weighted by Gasteiger charge is -2.18. The van der Waals surface area contributed by atoms with Crippen LogP contribution in [-0.4, -0.2) is 61.4 Å². The van der Waals surface area contributed by atoms with Crippen LogP contribution >= 0.6 is 0 Å². The Morgan fingerprint density at radius 3 is 2.74 bits per heavy atom. The number of nitrogens with one attached hydrogen (secondary N) is 1. The Bertz CT molecular complexity index is 1470. The second-order valence-corrected chi connectivity index (χ2v) is 9.41. The van der Waals surface area contributed by atoms with Gasteiger partial charge in [-0.2, -0.15) is 5.10 Å². The minimum atomic E-state index is -0.859. The summed E-state index contributed by atoms with van der Waals surface area (Å²) in [6.45, 7) is 8.79. The fourth-order valence-corrected chi connectivity index (χ4v) is 4.83. The van der Waals surface area contributed by atoms with Crippen molar-refractivity contribution >= 4 is 28.4 Å². The SMILES string of the molecule is CCNC(=O)n1c(C)cc2cc(Oc3ccnn4cc(C(=O)N5CC[C@@](C)(O)C5)c(C)c34)ccc21. The first-order valence-electron chi connectivity index (χ1n) is 11.8. The molecule has 1 atom stereocenters. The molecule has 4 heterocycles. The van der Waals surface area contributed by atoms with Gasteiger partial charge in [0.25, 0.3) is 5.91 Å². The third-order valence-corrected chi connectivity index (χ3v) is 6.58. The first kappa shape index (κ1) is 22.9. The fourth-order valence-electron chi connectivity index (χ4n) is 4.83. The van der Waals surface area contributed by atoms with Crippen LogP contribution in [0.15, 0.2) is 42.7 Å². The molecule has 4 aromatic rings. The van der Waals surface area contributed by atoms with E-state index in [0.29, 0.717) is 48.6 Å². The van der Waals surface area contributed by atoms with Crippen molar-refractivity contribution in [3.8, 4) is 11.5 Å². The third kappa shape index (κ3) is 4.01. The highest BCUT2D eigenvalue weighted by atomic mass is 16.5. The van der Waals surface area contributed by atoms with E-state index < -0.39 is 5.60 Å². The zero-order valence-corrected chi connectivity index (χ0v) is 20.3. The van der Waals surface area contributed by atoms with Crippen LogP contribution in [0.5, 0.6) is 11.5 Å². The summed E-state index contributed by atoms with van der Waals surface area (Å²) in [4.78, 5) is 27.3. The number of rotatable bonds is 4. The first-order chi connectivity index (χ1) is 16.7. The number of carbonyl (C=O) groups excluding carboxylic acids is 2. The summed E-state index contributed by atoms with van der Waals surface area (Å²) >= 11 is 0. The van der Waals surface area contributed by atoms with E-state index in [0.717, 1.165) is 22.2 Å². The number of ether oxygens (including phenoxy) is 1. The van der Waals surface area contributed by atoms with Gasteiger partial charge in [0.15, 0.2) is 5.75 Å². The molecule has 35 heavy (non-hydrogen) atoms. The quantitative estimate of drug-likeness (QED) is 0.467. The topological polar surface area (TPSA) is 101 Å². The summed E-state index contributed by atoms with van der Waals surface area (Å²) in [7, 11) is 0. The lowest BCUT2D eigenvalue weighted by Crippen LogP contribution is -2.34. The van der Waals surface area contributed by atoms with E-state index in [1.54, 1.807) is 39.4 Å². The molecule has 5 rings (SSSR count). The number of hydrogen-bond donors (Lipinski definition) is 2. The number of likely N-dealkylation sites (tertiary alicyclic amines) is 1. The van der Waals surface area contributed by atoms with Crippen molar-refractivity contribution in [3.05, 3.63) is 59.5 Å². The molecule has 2 N–H and O–H groups in total. The zero-order valence-electron chi connectivity index (χ0n) is 20.3. The van der Waals surface area contributed by atoms with E-state index in [-0.39, 0.29) is 11.9 Å². The Balaban J connectivity index is 1.48. The van der Waals surface area contributed by atoms with E-state index in [1.807, 2.05) is 45.0 Å². The summed E-state index contributed by atoms with van der Waals surface area (Å²) in [5.74, 6) is 1.06. The molecular formula is C26H29N5O4. The van der Waals surface area contributed by atoms with Gasteiger partial charge in [-0.25, -0.2) is 9.31 Å². The second-order valence-electron chi connectivity index (χ2n) is 9.41. The molecule has 9 heteroatoms. The number of nitrogens with zero attached hydrogens (tertiary/aromatic N) is 4. The highest BCUT2D eigenvalue weighted by molar-refractivity contribution is 5.98. The van der Waals surface area contributed by atoms with Crippen molar-refractivity contribution in [1.29, 1.82) is 0 Å². The minimum Gasteiger partial charge on any atom is -0.455 e. The van der Waals surface area contributed by atoms with Crippen molar-refractivity contribution in [2.75, 3.05) is 19.6 Å². The Morgan fingerprint density at radius 2 is 2.03 bits per heavy atom. The summed E-state index contributed by atoms with van der Waals surface area (Å²) in [6.07, 6.45) is 3.90. The van der Waals surface area contributed by atoms with E-state index >= 15 is 0 Å². The highest BCUT2D eigenvalue weighted by Gasteiger charge is 2.35. The van der Waals surface area contributed by atoms with Crippen LogP contribution in [0.3, 0.4) is 0 Å². The number of fused-ring (bicyclic) bond motifs is 2. The molecule has 0 saturated carbocycles. The van der Waals surface area contributed by atoms with Crippen molar-refractivity contribution in [3.63, 3.8) is 0 Å². The van der Waals surface area contributed by atoms with Gasteiger partial charge in [-0.1, -0.05) is 0 Å². The van der Waals surface area contributed by atoms with E-state index in [2.05, 4.69) is 10.4 Å². The zero-order chi connectivity index (χ0) is 24.9. The molecule has 1 saturated heterocycles. The van der Waals surface area contributed by atoms with E-state index in [4.69, 9.17) is 4.74 Å². The van der Waals surface area contributed by atoms with Crippen LogP contribution in [0, 0.1) is 13.8 Å². The molecule has 0 unspecified atom stereocenters. The predicted molar refractivity (Wildman–Crippen MR) is 132 cm³/mol. The Hall–Kier alpha value is -3.85. The molecule has 2 amide bonds. The number of benzene rings is 1. The molecule has 0 radical (unpaired) electrons. The maximum Gasteiger partial charge on any atom is 0.326 e. The van der Waals surface area contributed by atoms with Gasteiger partial charge in [0.05, 0.1) is 22.9 Å².